The van der Waals surface area contributed by atoms with Gasteiger partial charge in [-0.3, -0.25) is 15.0 Å². The van der Waals surface area contributed by atoms with Crippen LogP contribution < -0.4 is 10.6 Å². The molecule has 2 saturated heterocycles. The van der Waals surface area contributed by atoms with Crippen molar-refractivity contribution in [3.8, 4) is 0 Å². The summed E-state index contributed by atoms with van der Waals surface area (Å²) in [4.78, 5) is 14.5. The Balaban J connectivity index is 1.70. The van der Waals surface area contributed by atoms with E-state index in [1.807, 2.05) is 0 Å². The van der Waals surface area contributed by atoms with Crippen molar-refractivity contribution < 1.29 is 4.79 Å². The first-order valence-corrected chi connectivity index (χ1v) is 7.95. The van der Waals surface area contributed by atoms with Crippen LogP contribution in [-0.4, -0.2) is 36.1 Å². The van der Waals surface area contributed by atoms with Gasteiger partial charge in [0.1, 0.15) is 5.54 Å². The smallest absolute Gasteiger partial charge is 0.241 e. The molecule has 113 valence electrons. The molecular formula is C17H24N3O. The summed E-state index contributed by atoms with van der Waals surface area (Å²) in [5, 5.41) is 6.26. The van der Waals surface area contributed by atoms with Crippen LogP contribution in [0.5, 0.6) is 0 Å². The van der Waals surface area contributed by atoms with Crippen molar-refractivity contribution in [1.82, 2.24) is 15.5 Å². The summed E-state index contributed by atoms with van der Waals surface area (Å²) in [6.07, 6.45) is 4.01. The number of nitrogens with zero attached hydrogens (tertiary/aromatic N) is 1. The molecule has 1 radical (unpaired) electrons. The SMILES string of the molecule is CCC[C](c1ccccc1)N1CCC2(CC1)NCNC2=O. The first kappa shape index (κ1) is 14.5. The summed E-state index contributed by atoms with van der Waals surface area (Å²) in [6, 6.07) is 12.1. The van der Waals surface area contributed by atoms with Gasteiger partial charge in [0.2, 0.25) is 5.91 Å². The third-order valence-electron chi connectivity index (χ3n) is 4.70. The number of carbonyl (C=O) groups excluding carboxylic acids is 1. The Morgan fingerprint density at radius 3 is 2.52 bits per heavy atom. The first-order chi connectivity index (χ1) is 10.2. The second-order valence-electron chi connectivity index (χ2n) is 5.99. The quantitative estimate of drug-likeness (QED) is 0.888. The van der Waals surface area contributed by atoms with Gasteiger partial charge in [0.25, 0.3) is 0 Å². The van der Waals surface area contributed by atoms with E-state index in [1.165, 1.54) is 11.6 Å². The molecule has 0 saturated carbocycles. The lowest BCUT2D eigenvalue weighted by Gasteiger charge is -2.41. The standard InChI is InChI=1S/C17H24N3O/c1-2-6-15(14-7-4-3-5-8-14)20-11-9-17(10-12-20)16(21)18-13-19-17/h3-5,7-8,19H,2,6,9-13H2,1H3,(H,18,21). The number of nitrogens with one attached hydrogen (secondary N) is 2. The van der Waals surface area contributed by atoms with E-state index in [0.29, 0.717) is 6.67 Å². The molecule has 2 fully saturated rings. The van der Waals surface area contributed by atoms with E-state index in [0.717, 1.165) is 38.8 Å². The van der Waals surface area contributed by atoms with Gasteiger partial charge in [0.05, 0.1) is 12.7 Å². The van der Waals surface area contributed by atoms with Crippen LogP contribution in [0.2, 0.25) is 0 Å². The van der Waals surface area contributed by atoms with E-state index in [-0.39, 0.29) is 11.4 Å². The van der Waals surface area contributed by atoms with Gasteiger partial charge in [0.15, 0.2) is 0 Å². The molecule has 0 atom stereocenters. The number of rotatable bonds is 4. The molecule has 3 rings (SSSR count). The number of amides is 1. The van der Waals surface area contributed by atoms with Crippen LogP contribution in [0.15, 0.2) is 30.3 Å². The van der Waals surface area contributed by atoms with Crippen molar-refractivity contribution in [3.05, 3.63) is 41.9 Å². The van der Waals surface area contributed by atoms with E-state index >= 15 is 0 Å². The number of hydrogen-bond acceptors (Lipinski definition) is 3. The number of hydrogen-bond donors (Lipinski definition) is 2. The van der Waals surface area contributed by atoms with Gasteiger partial charge in [-0.1, -0.05) is 43.7 Å². The van der Waals surface area contributed by atoms with Gasteiger partial charge in [-0.05, 0) is 24.8 Å². The highest BCUT2D eigenvalue weighted by molar-refractivity contribution is 5.88. The van der Waals surface area contributed by atoms with Crippen molar-refractivity contribution >= 4 is 5.91 Å². The molecule has 21 heavy (non-hydrogen) atoms. The summed E-state index contributed by atoms with van der Waals surface area (Å²) < 4.78 is 0. The van der Waals surface area contributed by atoms with Gasteiger partial charge < -0.3 is 5.32 Å². The van der Waals surface area contributed by atoms with Crippen LogP contribution in [0.3, 0.4) is 0 Å². The maximum Gasteiger partial charge on any atom is 0.241 e. The Bertz CT molecular complexity index is 480. The second kappa shape index (κ2) is 6.16. The third kappa shape index (κ3) is 2.83. The van der Waals surface area contributed by atoms with Crippen molar-refractivity contribution in [2.45, 2.75) is 38.1 Å². The molecule has 4 heteroatoms. The highest BCUT2D eigenvalue weighted by Crippen LogP contribution is 2.32. The van der Waals surface area contributed by atoms with Crippen molar-refractivity contribution in [1.29, 1.82) is 0 Å². The molecule has 2 aliphatic heterocycles. The largest absolute Gasteiger partial charge is 0.342 e. The maximum atomic E-state index is 12.0. The van der Waals surface area contributed by atoms with Gasteiger partial charge in [-0.2, -0.15) is 0 Å². The van der Waals surface area contributed by atoms with Crippen LogP contribution in [0.25, 0.3) is 0 Å². The molecule has 1 amide bonds. The Morgan fingerprint density at radius 1 is 1.24 bits per heavy atom. The Kier molecular flexibility index (Phi) is 4.27. The molecule has 0 unspecified atom stereocenters. The monoisotopic (exact) mass is 286 g/mol. The minimum atomic E-state index is -0.315. The van der Waals surface area contributed by atoms with E-state index in [2.05, 4.69) is 52.8 Å². The lowest BCUT2D eigenvalue weighted by Crippen LogP contribution is -2.55. The van der Waals surface area contributed by atoms with Crippen molar-refractivity contribution in [2.24, 2.45) is 0 Å². The summed E-state index contributed by atoms with van der Waals surface area (Å²) in [6.45, 7) is 4.73. The molecule has 1 spiro atoms. The molecule has 0 aromatic heterocycles. The Labute approximate surface area is 126 Å². The molecule has 0 aliphatic carbocycles. The molecule has 4 nitrogen and oxygen atoms in total. The van der Waals surface area contributed by atoms with Crippen LogP contribution >= 0.6 is 0 Å². The zero-order valence-corrected chi connectivity index (χ0v) is 12.7. The zero-order valence-electron chi connectivity index (χ0n) is 12.7. The van der Waals surface area contributed by atoms with E-state index < -0.39 is 0 Å². The average Bonchev–Trinajstić information content (AvgIpc) is 2.88. The van der Waals surface area contributed by atoms with E-state index in [9.17, 15) is 4.79 Å². The number of carbonyl (C=O) groups is 1. The van der Waals surface area contributed by atoms with Crippen LogP contribution in [-0.2, 0) is 4.79 Å². The minimum absolute atomic E-state index is 0.180. The summed E-state index contributed by atoms with van der Waals surface area (Å²) in [7, 11) is 0. The normalized spacial score (nSPS) is 21.9. The number of likely N-dealkylation sites (tertiary alicyclic amines) is 1. The first-order valence-electron chi connectivity index (χ1n) is 7.95. The lowest BCUT2D eigenvalue weighted by atomic mass is 9.86. The predicted molar refractivity (Wildman–Crippen MR) is 83.4 cm³/mol. The minimum Gasteiger partial charge on any atom is -0.342 e. The van der Waals surface area contributed by atoms with E-state index in [1.54, 1.807) is 0 Å². The fourth-order valence-corrected chi connectivity index (χ4v) is 3.46. The molecule has 2 aliphatic rings. The van der Waals surface area contributed by atoms with Crippen molar-refractivity contribution in [2.75, 3.05) is 19.8 Å². The topological polar surface area (TPSA) is 44.4 Å². The molecule has 1 aromatic carbocycles. The third-order valence-corrected chi connectivity index (χ3v) is 4.70. The zero-order chi connectivity index (χ0) is 14.7. The molecule has 0 bridgehead atoms. The highest BCUT2D eigenvalue weighted by atomic mass is 16.2. The van der Waals surface area contributed by atoms with Gasteiger partial charge >= 0.3 is 0 Å². The molecule has 1 aromatic rings. The van der Waals surface area contributed by atoms with E-state index in [4.69, 9.17) is 0 Å². The van der Waals surface area contributed by atoms with Crippen LogP contribution in [0, 0.1) is 6.04 Å². The summed E-state index contributed by atoms with van der Waals surface area (Å²) in [5.41, 5.74) is 1.00. The van der Waals surface area contributed by atoms with Crippen LogP contribution in [0.1, 0.15) is 38.2 Å². The van der Waals surface area contributed by atoms with Crippen molar-refractivity contribution in [3.63, 3.8) is 0 Å². The van der Waals surface area contributed by atoms with Crippen LogP contribution in [0.4, 0.5) is 0 Å². The lowest BCUT2D eigenvalue weighted by molar-refractivity contribution is -0.125. The Morgan fingerprint density at radius 2 is 1.95 bits per heavy atom. The second-order valence-corrected chi connectivity index (χ2v) is 5.99. The maximum absolute atomic E-state index is 12.0. The van der Waals surface area contributed by atoms with Gasteiger partial charge in [-0.15, -0.1) is 0 Å². The predicted octanol–water partition coefficient (Wildman–Crippen LogP) is 1.88. The fourth-order valence-electron chi connectivity index (χ4n) is 3.46. The fraction of sp³-hybridized carbons (Fsp3) is 0.529. The van der Waals surface area contributed by atoms with Gasteiger partial charge in [0, 0.05) is 13.1 Å². The van der Waals surface area contributed by atoms with Gasteiger partial charge in [-0.25, -0.2) is 0 Å². The number of piperidine rings is 1. The number of benzene rings is 1. The molecular weight excluding hydrogens is 262 g/mol. The molecule has 2 N–H and O–H groups in total. The summed E-state index contributed by atoms with van der Waals surface area (Å²) in [5.74, 6) is 0.180. The molecule has 2 heterocycles. The Hall–Kier alpha value is -1.39. The highest BCUT2D eigenvalue weighted by Gasteiger charge is 2.45. The average molecular weight is 286 g/mol. The summed E-state index contributed by atoms with van der Waals surface area (Å²) >= 11 is 0.